The molecule has 0 spiro atoms. The topological polar surface area (TPSA) is 70.3 Å². The van der Waals surface area contributed by atoms with Gasteiger partial charge < -0.3 is 10.2 Å². The Bertz CT molecular complexity index is 861. The number of benzene rings is 1. The molecule has 0 bridgehead atoms. The molecule has 1 saturated carbocycles. The van der Waals surface area contributed by atoms with Crippen LogP contribution in [-0.4, -0.2) is 44.6 Å². The van der Waals surface area contributed by atoms with Crippen LogP contribution in [0.15, 0.2) is 30.5 Å². The molecule has 1 aromatic heterocycles. The molecule has 5 nitrogen and oxygen atoms in total. The highest BCUT2D eigenvalue weighted by Gasteiger charge is 2.41. The molecule has 3 N–H and O–H groups in total. The van der Waals surface area contributed by atoms with Crippen LogP contribution in [0.3, 0.4) is 0 Å². The zero-order valence-corrected chi connectivity index (χ0v) is 14.1. The zero-order chi connectivity index (χ0) is 19.7. The van der Waals surface area contributed by atoms with Crippen molar-refractivity contribution in [3.63, 3.8) is 0 Å². The number of nitrogens with one attached hydrogen (secondary N) is 1. The van der Waals surface area contributed by atoms with Gasteiger partial charge in [-0.3, -0.25) is 9.88 Å². The van der Waals surface area contributed by atoms with Crippen molar-refractivity contribution in [3.05, 3.63) is 47.8 Å². The average molecular weight is 383 g/mol. The highest BCUT2D eigenvalue weighted by atomic mass is 19.4. The van der Waals surface area contributed by atoms with Crippen LogP contribution in [0.1, 0.15) is 24.4 Å². The van der Waals surface area contributed by atoms with Crippen LogP contribution in [0.4, 0.5) is 17.6 Å². The van der Waals surface area contributed by atoms with Gasteiger partial charge in [-0.05, 0) is 43.0 Å². The third kappa shape index (κ3) is 4.66. The van der Waals surface area contributed by atoms with Crippen LogP contribution >= 0.6 is 0 Å². The number of imidazole rings is 1. The molecule has 9 heteroatoms. The predicted octanol–water partition coefficient (Wildman–Crippen LogP) is 1.86. The molecule has 1 aliphatic rings. The van der Waals surface area contributed by atoms with E-state index in [0.717, 1.165) is 22.9 Å². The summed E-state index contributed by atoms with van der Waals surface area (Å²) in [5, 5.41) is 21.2. The second kappa shape index (κ2) is 7.31. The van der Waals surface area contributed by atoms with Gasteiger partial charge in [0.2, 0.25) is 5.82 Å². The lowest BCUT2D eigenvalue weighted by Crippen LogP contribution is -2.37. The van der Waals surface area contributed by atoms with Crippen molar-refractivity contribution < 1.29 is 27.8 Å². The Morgan fingerprint density at radius 3 is 2.48 bits per heavy atom. The number of rotatable bonds is 5. The summed E-state index contributed by atoms with van der Waals surface area (Å²) in [6.45, 7) is -0.267. The summed E-state index contributed by atoms with van der Waals surface area (Å²) in [4.78, 5) is 3.58. The van der Waals surface area contributed by atoms with Crippen molar-refractivity contribution in [2.75, 3.05) is 13.2 Å². The predicted molar refractivity (Wildman–Crippen MR) is 88.5 cm³/mol. The van der Waals surface area contributed by atoms with Crippen molar-refractivity contribution >= 4 is 0 Å². The van der Waals surface area contributed by atoms with Crippen molar-refractivity contribution in [1.82, 2.24) is 14.9 Å². The van der Waals surface area contributed by atoms with Crippen molar-refractivity contribution in [3.8, 4) is 17.5 Å². The molecule has 1 atom stereocenters. The van der Waals surface area contributed by atoms with Crippen LogP contribution in [0.5, 0.6) is 0 Å². The van der Waals surface area contributed by atoms with E-state index in [4.69, 9.17) is 5.11 Å². The van der Waals surface area contributed by atoms with Gasteiger partial charge in [0.15, 0.2) is 0 Å². The fourth-order valence-corrected chi connectivity index (χ4v) is 2.47. The first-order valence-corrected chi connectivity index (χ1v) is 8.22. The SMILES string of the molecule is OC[C@@H](O)CNC1(C#Cc2cn(-c3ccc(F)cc3)c(C(F)(F)F)n2)CC1. The highest BCUT2D eigenvalue weighted by molar-refractivity contribution is 5.40. The number of aliphatic hydroxyl groups excluding tert-OH is 2. The normalized spacial score (nSPS) is 16.5. The number of hydrogen-bond acceptors (Lipinski definition) is 4. The van der Waals surface area contributed by atoms with Crippen LogP contribution in [0.2, 0.25) is 0 Å². The first-order valence-electron chi connectivity index (χ1n) is 8.22. The number of β-amino-alcohol motifs (C(OH)–C–C–N with tert-alkyl or cyclic N) is 1. The minimum Gasteiger partial charge on any atom is -0.394 e. The van der Waals surface area contributed by atoms with Crippen molar-refractivity contribution in [2.24, 2.45) is 0 Å². The molecule has 1 heterocycles. The van der Waals surface area contributed by atoms with Crippen LogP contribution in [-0.2, 0) is 6.18 Å². The van der Waals surface area contributed by atoms with E-state index < -0.39 is 36.1 Å². The van der Waals surface area contributed by atoms with Gasteiger partial charge in [-0.1, -0.05) is 5.92 Å². The maximum atomic E-state index is 13.3. The van der Waals surface area contributed by atoms with Gasteiger partial charge in [-0.25, -0.2) is 9.37 Å². The maximum absolute atomic E-state index is 13.3. The third-order valence-electron chi connectivity index (χ3n) is 4.13. The van der Waals surface area contributed by atoms with Crippen molar-refractivity contribution in [1.29, 1.82) is 0 Å². The number of hydrogen-bond donors (Lipinski definition) is 3. The van der Waals surface area contributed by atoms with Gasteiger partial charge in [-0.15, -0.1) is 0 Å². The van der Waals surface area contributed by atoms with E-state index in [1.165, 1.54) is 12.1 Å². The number of alkyl halides is 3. The second-order valence-corrected chi connectivity index (χ2v) is 6.34. The van der Waals surface area contributed by atoms with E-state index in [-0.39, 0.29) is 17.9 Å². The van der Waals surface area contributed by atoms with E-state index >= 15 is 0 Å². The lowest BCUT2D eigenvalue weighted by Gasteiger charge is -2.13. The van der Waals surface area contributed by atoms with Gasteiger partial charge >= 0.3 is 6.18 Å². The zero-order valence-electron chi connectivity index (χ0n) is 14.1. The molecule has 27 heavy (non-hydrogen) atoms. The van der Waals surface area contributed by atoms with Crippen LogP contribution in [0, 0.1) is 17.7 Å². The Morgan fingerprint density at radius 1 is 1.26 bits per heavy atom. The average Bonchev–Trinajstić information content (AvgIpc) is 3.26. The van der Waals surface area contributed by atoms with Crippen molar-refractivity contribution in [2.45, 2.75) is 30.7 Å². The molecule has 0 aliphatic heterocycles. The fourth-order valence-electron chi connectivity index (χ4n) is 2.47. The summed E-state index contributed by atoms with van der Waals surface area (Å²) >= 11 is 0. The smallest absolute Gasteiger partial charge is 0.394 e. The van der Waals surface area contributed by atoms with Gasteiger partial charge in [0.05, 0.1) is 18.2 Å². The van der Waals surface area contributed by atoms with E-state index in [0.29, 0.717) is 12.8 Å². The molecule has 0 saturated heterocycles. The molecule has 0 radical (unpaired) electrons. The monoisotopic (exact) mass is 383 g/mol. The van der Waals surface area contributed by atoms with E-state index in [1.807, 2.05) is 0 Å². The van der Waals surface area contributed by atoms with Gasteiger partial charge in [-0.2, -0.15) is 13.2 Å². The molecule has 0 amide bonds. The number of aromatic nitrogens is 2. The van der Waals surface area contributed by atoms with E-state index in [9.17, 15) is 22.7 Å². The molecule has 144 valence electrons. The quantitative estimate of drug-likeness (QED) is 0.545. The molecule has 1 aromatic carbocycles. The van der Waals surface area contributed by atoms with Gasteiger partial charge in [0.25, 0.3) is 0 Å². The number of halogens is 4. The summed E-state index contributed by atoms with van der Waals surface area (Å²) in [5.41, 5.74) is -0.536. The molecule has 1 fully saturated rings. The Hall–Kier alpha value is -2.41. The Balaban J connectivity index is 1.87. The van der Waals surface area contributed by atoms with Gasteiger partial charge in [0.1, 0.15) is 11.5 Å². The number of nitrogens with zero attached hydrogens (tertiary/aromatic N) is 2. The molecule has 1 aliphatic carbocycles. The van der Waals surface area contributed by atoms with E-state index in [2.05, 4.69) is 22.1 Å². The standard InChI is InChI=1S/C18H17F4N3O2/c19-12-1-3-14(4-2-12)25-10-13(24-16(25)18(20,21)22)5-6-17(7-8-17)23-9-15(27)11-26/h1-4,10,15,23,26-27H,7-9,11H2/t15-/m0/s1. The largest absolute Gasteiger partial charge is 0.450 e. The minimum atomic E-state index is -4.70. The molecular formula is C18H17F4N3O2. The summed E-state index contributed by atoms with van der Waals surface area (Å²) < 4.78 is 53.7. The maximum Gasteiger partial charge on any atom is 0.450 e. The fraction of sp³-hybridized carbons (Fsp3) is 0.389. The number of aliphatic hydroxyl groups is 2. The molecule has 0 unspecified atom stereocenters. The molecule has 2 aromatic rings. The molecular weight excluding hydrogens is 366 g/mol. The highest BCUT2D eigenvalue weighted by Crippen LogP contribution is 2.35. The summed E-state index contributed by atoms with van der Waals surface area (Å²) in [6, 6.07) is 4.58. The summed E-state index contributed by atoms with van der Waals surface area (Å²) in [7, 11) is 0. The second-order valence-electron chi connectivity index (χ2n) is 6.34. The first-order chi connectivity index (χ1) is 12.7. The third-order valence-corrected chi connectivity index (χ3v) is 4.13. The summed E-state index contributed by atoms with van der Waals surface area (Å²) in [6.07, 6.45) is -3.11. The lowest BCUT2D eigenvalue weighted by atomic mass is 10.2. The molecule has 3 rings (SSSR count). The minimum absolute atomic E-state index is 0.0672. The Labute approximate surface area is 152 Å². The van der Waals surface area contributed by atoms with Crippen LogP contribution < -0.4 is 5.32 Å². The van der Waals surface area contributed by atoms with Gasteiger partial charge in [0, 0.05) is 18.4 Å². The van der Waals surface area contributed by atoms with E-state index in [1.54, 1.807) is 0 Å². The Kier molecular flexibility index (Phi) is 5.24. The first kappa shape index (κ1) is 19.4. The lowest BCUT2D eigenvalue weighted by molar-refractivity contribution is -0.145. The Morgan fingerprint density at radius 2 is 1.93 bits per heavy atom. The van der Waals surface area contributed by atoms with Crippen LogP contribution in [0.25, 0.3) is 5.69 Å². The summed E-state index contributed by atoms with van der Waals surface area (Å²) in [5.74, 6) is 3.80.